The molecular formula is C25H26ClN5O2. The fourth-order valence-corrected chi connectivity index (χ4v) is 4.90. The van der Waals surface area contributed by atoms with Gasteiger partial charge in [0.25, 0.3) is 0 Å². The van der Waals surface area contributed by atoms with Gasteiger partial charge in [0.05, 0.1) is 29.9 Å². The predicted octanol–water partition coefficient (Wildman–Crippen LogP) is 4.38. The van der Waals surface area contributed by atoms with Crippen LogP contribution in [0.25, 0.3) is 11.3 Å². The molecule has 7 nitrogen and oxygen atoms in total. The van der Waals surface area contributed by atoms with Crippen LogP contribution < -0.4 is 10.2 Å². The summed E-state index contributed by atoms with van der Waals surface area (Å²) in [4.78, 5) is 31.1. The smallest absolute Gasteiger partial charge is 0.227 e. The van der Waals surface area contributed by atoms with E-state index in [0.717, 1.165) is 35.5 Å². The van der Waals surface area contributed by atoms with Crippen molar-refractivity contribution in [1.82, 2.24) is 20.1 Å². The number of amides is 2. The molecule has 3 heterocycles. The van der Waals surface area contributed by atoms with Crippen LogP contribution in [-0.2, 0) is 16.1 Å². The summed E-state index contributed by atoms with van der Waals surface area (Å²) < 4.78 is 2.12. The van der Waals surface area contributed by atoms with Crippen molar-refractivity contribution in [3.05, 3.63) is 65.6 Å². The van der Waals surface area contributed by atoms with Gasteiger partial charge in [-0.15, -0.1) is 0 Å². The SMILES string of the molecule is O=C(NCc1cc(-c2ccncc2)n(C2CCCC2)n1)C1CC(=O)N(c2ccc(Cl)cc2)C1. The van der Waals surface area contributed by atoms with Crippen LogP contribution in [0.2, 0.25) is 5.02 Å². The molecule has 5 rings (SSSR count). The fraction of sp³-hybridized carbons (Fsp3) is 0.360. The van der Waals surface area contributed by atoms with Gasteiger partial charge in [-0.2, -0.15) is 5.10 Å². The number of anilines is 1. The zero-order valence-corrected chi connectivity index (χ0v) is 19.0. The van der Waals surface area contributed by atoms with Gasteiger partial charge >= 0.3 is 0 Å². The molecule has 1 aromatic carbocycles. The number of hydrogen-bond acceptors (Lipinski definition) is 4. The van der Waals surface area contributed by atoms with E-state index in [9.17, 15) is 9.59 Å². The molecule has 2 aliphatic rings. The van der Waals surface area contributed by atoms with Crippen molar-refractivity contribution in [3.8, 4) is 11.3 Å². The van der Waals surface area contributed by atoms with E-state index in [1.165, 1.54) is 12.8 Å². The number of hydrogen-bond donors (Lipinski definition) is 1. The highest BCUT2D eigenvalue weighted by atomic mass is 35.5. The minimum Gasteiger partial charge on any atom is -0.350 e. The molecule has 170 valence electrons. The Morgan fingerprint density at radius 3 is 2.55 bits per heavy atom. The predicted molar refractivity (Wildman–Crippen MR) is 127 cm³/mol. The summed E-state index contributed by atoms with van der Waals surface area (Å²) in [6.45, 7) is 0.702. The summed E-state index contributed by atoms with van der Waals surface area (Å²) in [5.74, 6) is -0.562. The van der Waals surface area contributed by atoms with E-state index < -0.39 is 0 Å². The minimum absolute atomic E-state index is 0.0528. The Labute approximate surface area is 197 Å². The summed E-state index contributed by atoms with van der Waals surface area (Å²) >= 11 is 5.95. The Kier molecular flexibility index (Phi) is 6.13. The standard InChI is InChI=1S/C25H26ClN5O2/c26-19-5-7-21(8-6-19)30-16-18(13-24(30)32)25(33)28-15-20-14-23(17-9-11-27-12-10-17)31(29-20)22-3-1-2-4-22/h5-12,14,18,22H,1-4,13,15-16H2,(H,28,33). The Hall–Kier alpha value is -3.19. The summed E-state index contributed by atoms with van der Waals surface area (Å²) in [7, 11) is 0. The van der Waals surface area contributed by atoms with Crippen LogP contribution in [0.4, 0.5) is 5.69 Å². The van der Waals surface area contributed by atoms with Crippen molar-refractivity contribution < 1.29 is 9.59 Å². The van der Waals surface area contributed by atoms with E-state index in [1.807, 2.05) is 18.2 Å². The van der Waals surface area contributed by atoms with Gasteiger partial charge in [0.1, 0.15) is 0 Å². The summed E-state index contributed by atoms with van der Waals surface area (Å²) in [6, 6.07) is 13.5. The van der Waals surface area contributed by atoms with Gasteiger partial charge in [-0.3, -0.25) is 19.3 Å². The Morgan fingerprint density at radius 2 is 1.82 bits per heavy atom. The van der Waals surface area contributed by atoms with E-state index in [-0.39, 0.29) is 24.2 Å². The largest absolute Gasteiger partial charge is 0.350 e. The van der Waals surface area contributed by atoms with E-state index in [2.05, 4.69) is 15.0 Å². The lowest BCUT2D eigenvalue weighted by molar-refractivity contribution is -0.126. The molecule has 33 heavy (non-hydrogen) atoms. The first-order valence-corrected chi connectivity index (χ1v) is 11.8. The van der Waals surface area contributed by atoms with Gasteiger partial charge < -0.3 is 10.2 Å². The number of rotatable bonds is 6. The van der Waals surface area contributed by atoms with Gasteiger partial charge in [0.15, 0.2) is 0 Å². The maximum absolute atomic E-state index is 12.9. The number of nitrogens with zero attached hydrogens (tertiary/aromatic N) is 4. The molecule has 1 unspecified atom stereocenters. The molecule has 3 aromatic rings. The van der Waals surface area contributed by atoms with Crippen LogP contribution in [0.5, 0.6) is 0 Å². The van der Waals surface area contributed by atoms with Gasteiger partial charge in [-0.1, -0.05) is 24.4 Å². The Balaban J connectivity index is 1.27. The Morgan fingerprint density at radius 1 is 1.09 bits per heavy atom. The number of aromatic nitrogens is 3. The zero-order chi connectivity index (χ0) is 22.8. The number of benzene rings is 1. The van der Waals surface area contributed by atoms with Crippen LogP contribution in [-0.4, -0.2) is 33.1 Å². The molecule has 2 amide bonds. The lowest BCUT2D eigenvalue weighted by Gasteiger charge is -2.16. The molecule has 1 saturated heterocycles. The van der Waals surface area contributed by atoms with Crippen LogP contribution in [0.15, 0.2) is 54.9 Å². The third kappa shape index (κ3) is 4.64. The zero-order valence-electron chi connectivity index (χ0n) is 18.3. The minimum atomic E-state index is -0.384. The topological polar surface area (TPSA) is 80.1 Å². The normalized spacial score (nSPS) is 18.8. The fourth-order valence-electron chi connectivity index (χ4n) is 4.77. The summed E-state index contributed by atoms with van der Waals surface area (Å²) in [5, 5.41) is 8.46. The van der Waals surface area contributed by atoms with Crippen molar-refractivity contribution in [2.75, 3.05) is 11.4 Å². The second kappa shape index (κ2) is 9.35. The highest BCUT2D eigenvalue weighted by molar-refractivity contribution is 6.30. The summed E-state index contributed by atoms with van der Waals surface area (Å²) in [5.41, 5.74) is 3.71. The quantitative estimate of drug-likeness (QED) is 0.588. The number of nitrogens with one attached hydrogen (secondary N) is 1. The molecule has 2 aromatic heterocycles. The number of halogens is 1. The summed E-state index contributed by atoms with van der Waals surface area (Å²) in [6.07, 6.45) is 8.44. The van der Waals surface area contributed by atoms with Gasteiger partial charge in [-0.05, 0) is 55.3 Å². The van der Waals surface area contributed by atoms with E-state index in [4.69, 9.17) is 16.7 Å². The molecular weight excluding hydrogens is 438 g/mol. The second-order valence-corrected chi connectivity index (χ2v) is 9.18. The van der Waals surface area contributed by atoms with Crippen molar-refractivity contribution >= 4 is 29.1 Å². The van der Waals surface area contributed by atoms with E-state index >= 15 is 0 Å². The van der Waals surface area contributed by atoms with Crippen LogP contribution in [0.3, 0.4) is 0 Å². The first-order valence-electron chi connectivity index (χ1n) is 11.4. The number of pyridine rings is 1. The van der Waals surface area contributed by atoms with Crippen LogP contribution in [0, 0.1) is 5.92 Å². The second-order valence-electron chi connectivity index (χ2n) is 8.74. The average Bonchev–Trinajstić information content (AvgIpc) is 3.58. The Bertz CT molecular complexity index is 1140. The van der Waals surface area contributed by atoms with E-state index in [1.54, 1.807) is 41.6 Å². The van der Waals surface area contributed by atoms with Gasteiger partial charge in [-0.25, -0.2) is 0 Å². The first-order chi connectivity index (χ1) is 16.1. The van der Waals surface area contributed by atoms with Crippen molar-refractivity contribution in [2.45, 2.75) is 44.7 Å². The number of carbonyl (C=O) groups excluding carboxylic acids is 2. The molecule has 1 aliphatic heterocycles. The molecule has 2 fully saturated rings. The van der Waals surface area contributed by atoms with Crippen molar-refractivity contribution in [3.63, 3.8) is 0 Å². The van der Waals surface area contributed by atoms with Crippen LogP contribution >= 0.6 is 11.6 Å². The van der Waals surface area contributed by atoms with Gasteiger partial charge in [0, 0.05) is 41.6 Å². The molecule has 1 atom stereocenters. The third-order valence-electron chi connectivity index (χ3n) is 6.51. The third-order valence-corrected chi connectivity index (χ3v) is 6.76. The molecule has 1 N–H and O–H groups in total. The molecule has 1 saturated carbocycles. The van der Waals surface area contributed by atoms with Crippen molar-refractivity contribution in [1.29, 1.82) is 0 Å². The highest BCUT2D eigenvalue weighted by Gasteiger charge is 2.35. The lowest BCUT2D eigenvalue weighted by Crippen LogP contribution is -2.32. The molecule has 1 aliphatic carbocycles. The monoisotopic (exact) mass is 463 g/mol. The lowest BCUT2D eigenvalue weighted by atomic mass is 10.1. The highest BCUT2D eigenvalue weighted by Crippen LogP contribution is 2.33. The van der Waals surface area contributed by atoms with E-state index in [0.29, 0.717) is 24.2 Å². The van der Waals surface area contributed by atoms with Crippen LogP contribution in [0.1, 0.15) is 43.8 Å². The molecule has 8 heteroatoms. The average molecular weight is 464 g/mol. The maximum atomic E-state index is 12.9. The number of carbonyl (C=O) groups is 2. The molecule has 0 bridgehead atoms. The maximum Gasteiger partial charge on any atom is 0.227 e. The van der Waals surface area contributed by atoms with Crippen molar-refractivity contribution in [2.24, 2.45) is 5.92 Å². The molecule has 0 spiro atoms. The first kappa shape index (κ1) is 21.6. The molecule has 0 radical (unpaired) electrons. The van der Waals surface area contributed by atoms with Gasteiger partial charge in [0.2, 0.25) is 11.8 Å².